The molecule has 1 aromatic carbocycles. The number of ether oxygens (including phenoxy) is 2. The lowest BCUT2D eigenvalue weighted by Gasteiger charge is -2.26. The van der Waals surface area contributed by atoms with Gasteiger partial charge in [-0.2, -0.15) is 4.99 Å². The zero-order valence-corrected chi connectivity index (χ0v) is 11.1. The van der Waals surface area contributed by atoms with E-state index in [9.17, 15) is 9.90 Å². The normalized spacial score (nSPS) is 16.7. The van der Waals surface area contributed by atoms with Crippen LogP contribution in [0.15, 0.2) is 17.1 Å². The van der Waals surface area contributed by atoms with E-state index in [0.717, 1.165) is 25.7 Å². The van der Waals surface area contributed by atoms with Gasteiger partial charge in [0.25, 0.3) is 0 Å². The van der Waals surface area contributed by atoms with Gasteiger partial charge in [-0.15, -0.1) is 0 Å². The number of aromatic hydroxyl groups is 1. The smallest absolute Gasteiger partial charge is 0.235 e. The molecule has 1 saturated carbocycles. The first kappa shape index (κ1) is 13.4. The first-order valence-electron chi connectivity index (χ1n) is 6.21. The van der Waals surface area contributed by atoms with Crippen LogP contribution in [0.4, 0.5) is 0 Å². The van der Waals surface area contributed by atoms with Crippen LogP contribution >= 0.6 is 0 Å². The van der Waals surface area contributed by atoms with Gasteiger partial charge in [-0.1, -0.05) is 12.8 Å². The molecular weight excluding hydrogens is 246 g/mol. The minimum atomic E-state index is -0.654. The zero-order chi connectivity index (χ0) is 13.9. The molecule has 0 aliphatic heterocycles. The molecule has 1 aromatic rings. The summed E-state index contributed by atoms with van der Waals surface area (Å²) in [5.41, 5.74) is 0.0340. The predicted molar refractivity (Wildman–Crippen MR) is 69.5 cm³/mol. The molecule has 0 heterocycles. The van der Waals surface area contributed by atoms with Gasteiger partial charge >= 0.3 is 0 Å². The number of benzene rings is 1. The van der Waals surface area contributed by atoms with E-state index in [-0.39, 0.29) is 5.75 Å². The molecule has 1 aliphatic rings. The second kappa shape index (κ2) is 5.33. The van der Waals surface area contributed by atoms with Crippen LogP contribution in [-0.4, -0.2) is 25.4 Å². The van der Waals surface area contributed by atoms with Gasteiger partial charge in [-0.05, 0) is 18.9 Å². The number of nitrogens with zero attached hydrogens (tertiary/aromatic N) is 1. The van der Waals surface area contributed by atoms with Crippen molar-refractivity contribution in [2.24, 2.45) is 4.99 Å². The largest absolute Gasteiger partial charge is 0.508 e. The van der Waals surface area contributed by atoms with Gasteiger partial charge in [-0.25, -0.2) is 4.79 Å². The van der Waals surface area contributed by atoms with Gasteiger partial charge in [0.1, 0.15) is 11.3 Å². The summed E-state index contributed by atoms with van der Waals surface area (Å²) in [5.74, 6) is 1.02. The number of phenols is 1. The van der Waals surface area contributed by atoms with Crippen LogP contribution < -0.4 is 9.47 Å². The fourth-order valence-electron chi connectivity index (χ4n) is 2.78. The molecule has 0 bridgehead atoms. The Morgan fingerprint density at radius 3 is 2.47 bits per heavy atom. The second-order valence-electron chi connectivity index (χ2n) is 4.67. The fourth-order valence-corrected chi connectivity index (χ4v) is 2.78. The highest BCUT2D eigenvalue weighted by Crippen LogP contribution is 2.49. The molecule has 0 spiro atoms. The number of isocyanates is 1. The Bertz CT molecular complexity index is 514. The van der Waals surface area contributed by atoms with E-state index in [2.05, 4.69) is 4.99 Å². The van der Waals surface area contributed by atoms with Crippen LogP contribution in [0.3, 0.4) is 0 Å². The highest BCUT2D eigenvalue weighted by Gasteiger charge is 2.39. The standard InChI is InChI=1S/C14H17NO4/c1-18-12-8-10(17)7-11(13(12)19-2)14(15-9-16)5-3-4-6-14/h7-8,17H,3-6H2,1-2H3. The second-order valence-corrected chi connectivity index (χ2v) is 4.67. The van der Waals surface area contributed by atoms with Gasteiger partial charge in [0.15, 0.2) is 11.5 Å². The Balaban J connectivity index is 2.65. The SMILES string of the molecule is COc1cc(O)cc(C2(N=C=O)CCCC2)c1OC. The summed E-state index contributed by atoms with van der Waals surface area (Å²) >= 11 is 0. The summed E-state index contributed by atoms with van der Waals surface area (Å²) in [6.07, 6.45) is 5.09. The number of methoxy groups -OCH3 is 2. The maximum Gasteiger partial charge on any atom is 0.235 e. The third-order valence-electron chi connectivity index (χ3n) is 3.66. The summed E-state index contributed by atoms with van der Waals surface area (Å²) in [7, 11) is 3.04. The first-order valence-corrected chi connectivity index (χ1v) is 6.21. The van der Waals surface area contributed by atoms with Crippen molar-refractivity contribution < 1.29 is 19.4 Å². The lowest BCUT2D eigenvalue weighted by molar-refractivity contribution is 0.333. The third-order valence-corrected chi connectivity index (χ3v) is 3.66. The van der Waals surface area contributed by atoms with Gasteiger partial charge in [0.05, 0.1) is 14.2 Å². The van der Waals surface area contributed by atoms with Crippen molar-refractivity contribution in [2.75, 3.05) is 14.2 Å². The molecule has 0 saturated heterocycles. The Labute approximate surface area is 111 Å². The molecule has 5 nitrogen and oxygen atoms in total. The Morgan fingerprint density at radius 2 is 1.95 bits per heavy atom. The van der Waals surface area contributed by atoms with Crippen LogP contribution in [0.25, 0.3) is 0 Å². The van der Waals surface area contributed by atoms with Crippen LogP contribution in [0.2, 0.25) is 0 Å². The number of carbonyl (C=O) groups excluding carboxylic acids is 1. The number of hydrogen-bond acceptors (Lipinski definition) is 5. The van der Waals surface area contributed by atoms with Crippen molar-refractivity contribution in [3.8, 4) is 17.2 Å². The number of phenolic OH excluding ortho intramolecular Hbond substituents is 1. The Hall–Kier alpha value is -2.00. The lowest BCUT2D eigenvalue weighted by Crippen LogP contribution is -2.20. The molecule has 0 unspecified atom stereocenters. The maximum absolute atomic E-state index is 10.8. The summed E-state index contributed by atoms with van der Waals surface area (Å²) in [4.78, 5) is 14.8. The van der Waals surface area contributed by atoms with Gasteiger partial charge in [0, 0.05) is 11.6 Å². The number of aliphatic imine (C=N–C) groups is 1. The maximum atomic E-state index is 10.8. The third kappa shape index (κ3) is 2.29. The molecule has 0 amide bonds. The molecule has 5 heteroatoms. The highest BCUT2D eigenvalue weighted by molar-refractivity contribution is 5.55. The average Bonchev–Trinajstić information content (AvgIpc) is 2.87. The van der Waals surface area contributed by atoms with Crippen molar-refractivity contribution in [2.45, 2.75) is 31.2 Å². The van der Waals surface area contributed by atoms with Crippen molar-refractivity contribution >= 4 is 6.08 Å². The molecule has 1 N–H and O–H groups in total. The quantitative estimate of drug-likeness (QED) is 0.669. The molecule has 0 radical (unpaired) electrons. The number of rotatable bonds is 4. The van der Waals surface area contributed by atoms with Crippen LogP contribution in [0.1, 0.15) is 31.2 Å². The number of hydrogen-bond donors (Lipinski definition) is 1. The van der Waals surface area contributed by atoms with E-state index in [4.69, 9.17) is 9.47 Å². The Kier molecular flexibility index (Phi) is 3.76. The molecule has 0 atom stereocenters. The van der Waals surface area contributed by atoms with Crippen LogP contribution in [-0.2, 0) is 10.3 Å². The summed E-state index contributed by atoms with van der Waals surface area (Å²) in [6, 6.07) is 3.07. The highest BCUT2D eigenvalue weighted by atomic mass is 16.5. The fraction of sp³-hybridized carbons (Fsp3) is 0.500. The molecule has 1 aliphatic carbocycles. The minimum Gasteiger partial charge on any atom is -0.508 e. The van der Waals surface area contributed by atoms with Crippen molar-refractivity contribution in [1.29, 1.82) is 0 Å². The Morgan fingerprint density at radius 1 is 1.26 bits per heavy atom. The molecule has 102 valence electrons. The van der Waals surface area contributed by atoms with Crippen molar-refractivity contribution in [1.82, 2.24) is 0 Å². The van der Waals surface area contributed by atoms with Crippen LogP contribution in [0, 0.1) is 0 Å². The van der Waals surface area contributed by atoms with E-state index >= 15 is 0 Å². The van der Waals surface area contributed by atoms with E-state index in [0.29, 0.717) is 17.1 Å². The molecule has 0 aromatic heterocycles. The van der Waals surface area contributed by atoms with Crippen molar-refractivity contribution in [3.63, 3.8) is 0 Å². The molecular formula is C14H17NO4. The van der Waals surface area contributed by atoms with E-state index in [1.54, 1.807) is 12.1 Å². The average molecular weight is 263 g/mol. The zero-order valence-electron chi connectivity index (χ0n) is 11.1. The summed E-state index contributed by atoms with van der Waals surface area (Å²) in [6.45, 7) is 0. The lowest BCUT2D eigenvalue weighted by atomic mass is 9.87. The van der Waals surface area contributed by atoms with Crippen molar-refractivity contribution in [3.05, 3.63) is 17.7 Å². The van der Waals surface area contributed by atoms with Gasteiger partial charge in [-0.3, -0.25) is 0 Å². The molecule has 1 fully saturated rings. The van der Waals surface area contributed by atoms with Gasteiger partial charge in [0.2, 0.25) is 6.08 Å². The molecule has 19 heavy (non-hydrogen) atoms. The first-order chi connectivity index (χ1) is 9.16. The predicted octanol–water partition coefficient (Wildman–Crippen LogP) is 2.51. The minimum absolute atomic E-state index is 0.0695. The molecule has 2 rings (SSSR count). The summed E-state index contributed by atoms with van der Waals surface area (Å²) in [5, 5.41) is 9.81. The van der Waals surface area contributed by atoms with Crippen LogP contribution in [0.5, 0.6) is 17.2 Å². The van der Waals surface area contributed by atoms with E-state index < -0.39 is 5.54 Å². The van der Waals surface area contributed by atoms with E-state index in [1.807, 2.05) is 0 Å². The topological polar surface area (TPSA) is 68.1 Å². The summed E-state index contributed by atoms with van der Waals surface area (Å²) < 4.78 is 10.6. The monoisotopic (exact) mass is 263 g/mol. The van der Waals surface area contributed by atoms with Gasteiger partial charge < -0.3 is 14.6 Å². The van der Waals surface area contributed by atoms with E-state index in [1.165, 1.54) is 20.3 Å².